The van der Waals surface area contributed by atoms with Crippen LogP contribution >= 0.6 is 23.1 Å². The maximum absolute atomic E-state index is 9.85. The molecule has 1 aromatic heterocycles. The lowest BCUT2D eigenvalue weighted by atomic mass is 10.0. The summed E-state index contributed by atoms with van der Waals surface area (Å²) in [4.78, 5) is 8.04. The molecule has 3 nitrogen and oxygen atoms in total. The molecule has 1 heterocycles. The lowest BCUT2D eigenvalue weighted by molar-refractivity contribution is 0.153. The van der Waals surface area contributed by atoms with E-state index >= 15 is 0 Å². The second-order valence-corrected chi connectivity index (χ2v) is 6.17. The quantitative estimate of drug-likeness (QED) is 0.899. The molecule has 0 radical (unpaired) electrons. The van der Waals surface area contributed by atoms with Crippen LogP contribution in [0.4, 0.5) is 5.13 Å². The van der Waals surface area contributed by atoms with Gasteiger partial charge in [0.2, 0.25) is 0 Å². The molecule has 2 rings (SSSR count). The largest absolute Gasteiger partial charge is 0.387 e. The summed E-state index contributed by atoms with van der Waals surface area (Å²) in [6.07, 6.45) is 4.82. The van der Waals surface area contributed by atoms with Gasteiger partial charge in [0.05, 0.1) is 11.8 Å². The van der Waals surface area contributed by atoms with Gasteiger partial charge in [0.25, 0.3) is 0 Å². The van der Waals surface area contributed by atoms with Crippen LogP contribution in [0.2, 0.25) is 0 Å². The Morgan fingerprint density at radius 2 is 2.44 bits per heavy atom. The molecule has 0 spiro atoms. The molecule has 1 N–H and O–H groups in total. The Morgan fingerprint density at radius 1 is 1.62 bits per heavy atom. The minimum atomic E-state index is -0.331. The average Bonchev–Trinajstić information content (AvgIpc) is 2.71. The van der Waals surface area contributed by atoms with Crippen LogP contribution in [-0.2, 0) is 6.42 Å². The van der Waals surface area contributed by atoms with E-state index in [2.05, 4.69) is 23.2 Å². The molecule has 0 saturated carbocycles. The van der Waals surface area contributed by atoms with Gasteiger partial charge < -0.3 is 10.0 Å². The van der Waals surface area contributed by atoms with E-state index in [-0.39, 0.29) is 6.10 Å². The van der Waals surface area contributed by atoms with Gasteiger partial charge in [-0.05, 0) is 25.5 Å². The standard InChI is InChI=1S/C11H18N2OS2/c1-13(6-7-15-2)11-12-10-8(14)4-3-5-9(10)16-11/h8,14H,3-7H2,1-2H3. The third kappa shape index (κ3) is 2.52. The molecule has 0 aliphatic heterocycles. The van der Waals surface area contributed by atoms with Crippen molar-refractivity contribution < 1.29 is 5.11 Å². The topological polar surface area (TPSA) is 36.4 Å². The fourth-order valence-electron chi connectivity index (χ4n) is 1.87. The summed E-state index contributed by atoms with van der Waals surface area (Å²) in [6, 6.07) is 0. The highest BCUT2D eigenvalue weighted by molar-refractivity contribution is 7.98. The van der Waals surface area contributed by atoms with E-state index in [0.717, 1.165) is 42.4 Å². The Morgan fingerprint density at radius 3 is 3.12 bits per heavy atom. The van der Waals surface area contributed by atoms with Gasteiger partial charge in [-0.3, -0.25) is 0 Å². The van der Waals surface area contributed by atoms with Crippen molar-refractivity contribution >= 4 is 28.2 Å². The molecule has 5 heteroatoms. The fraction of sp³-hybridized carbons (Fsp3) is 0.727. The highest BCUT2D eigenvalue weighted by Crippen LogP contribution is 2.36. The van der Waals surface area contributed by atoms with Crippen molar-refractivity contribution in [1.29, 1.82) is 0 Å². The van der Waals surface area contributed by atoms with Crippen LogP contribution in [0, 0.1) is 0 Å². The summed E-state index contributed by atoms with van der Waals surface area (Å²) in [5.74, 6) is 1.11. The summed E-state index contributed by atoms with van der Waals surface area (Å²) in [5, 5.41) is 10.9. The number of aliphatic hydroxyl groups excluding tert-OH is 1. The van der Waals surface area contributed by atoms with Crippen LogP contribution < -0.4 is 4.90 Å². The number of hydrogen-bond acceptors (Lipinski definition) is 5. The lowest BCUT2D eigenvalue weighted by Crippen LogP contribution is -2.20. The third-order valence-electron chi connectivity index (χ3n) is 2.87. The van der Waals surface area contributed by atoms with Crippen molar-refractivity contribution in [2.24, 2.45) is 0 Å². The Hall–Kier alpha value is -0.260. The minimum absolute atomic E-state index is 0.331. The van der Waals surface area contributed by atoms with E-state index in [1.807, 2.05) is 11.8 Å². The number of aliphatic hydroxyl groups is 1. The molecule has 1 aliphatic carbocycles. The number of aromatic nitrogens is 1. The minimum Gasteiger partial charge on any atom is -0.387 e. The smallest absolute Gasteiger partial charge is 0.185 e. The fourth-order valence-corrected chi connectivity index (χ4v) is 3.47. The molecule has 1 aromatic rings. The number of nitrogens with zero attached hydrogens (tertiary/aromatic N) is 2. The number of fused-ring (bicyclic) bond motifs is 1. The summed E-state index contributed by atoms with van der Waals surface area (Å²) in [6.45, 7) is 1.02. The molecular formula is C11H18N2OS2. The van der Waals surface area contributed by atoms with Crippen LogP contribution in [0.25, 0.3) is 0 Å². The van der Waals surface area contributed by atoms with Crippen LogP contribution in [0.5, 0.6) is 0 Å². The summed E-state index contributed by atoms with van der Waals surface area (Å²) < 4.78 is 0. The number of aryl methyl sites for hydroxylation is 1. The molecule has 1 aliphatic rings. The third-order valence-corrected chi connectivity index (χ3v) is 4.71. The van der Waals surface area contributed by atoms with E-state index in [4.69, 9.17) is 0 Å². The maximum atomic E-state index is 9.85. The molecular weight excluding hydrogens is 240 g/mol. The average molecular weight is 258 g/mol. The first-order valence-electron chi connectivity index (χ1n) is 5.60. The number of anilines is 1. The molecule has 0 fully saturated rings. The predicted octanol–water partition coefficient (Wildman–Crippen LogP) is 2.31. The monoisotopic (exact) mass is 258 g/mol. The van der Waals surface area contributed by atoms with Crippen LogP contribution in [0.15, 0.2) is 0 Å². The van der Waals surface area contributed by atoms with Gasteiger partial charge >= 0.3 is 0 Å². The molecule has 1 unspecified atom stereocenters. The van der Waals surface area contributed by atoms with Crippen LogP contribution in [-0.4, -0.2) is 35.7 Å². The zero-order valence-electron chi connectivity index (χ0n) is 9.77. The Kier molecular flexibility index (Phi) is 4.10. The number of hydrogen-bond donors (Lipinski definition) is 1. The zero-order valence-corrected chi connectivity index (χ0v) is 11.4. The Balaban J connectivity index is 2.11. The van der Waals surface area contributed by atoms with Crippen LogP contribution in [0.1, 0.15) is 29.5 Å². The van der Waals surface area contributed by atoms with Gasteiger partial charge in [0.1, 0.15) is 0 Å². The predicted molar refractivity (Wildman–Crippen MR) is 71.7 cm³/mol. The summed E-state index contributed by atoms with van der Waals surface area (Å²) >= 11 is 3.59. The second-order valence-electron chi connectivity index (χ2n) is 4.13. The number of thiazole rings is 1. The first-order valence-corrected chi connectivity index (χ1v) is 7.81. The normalized spacial score (nSPS) is 19.6. The van der Waals surface area contributed by atoms with Crippen molar-refractivity contribution in [3.63, 3.8) is 0 Å². The van der Waals surface area contributed by atoms with Crippen molar-refractivity contribution in [3.05, 3.63) is 10.6 Å². The summed E-state index contributed by atoms with van der Waals surface area (Å²) in [5.41, 5.74) is 0.933. The van der Waals surface area contributed by atoms with Crippen molar-refractivity contribution in [2.45, 2.75) is 25.4 Å². The van der Waals surface area contributed by atoms with E-state index in [9.17, 15) is 5.11 Å². The van der Waals surface area contributed by atoms with Gasteiger partial charge in [0.15, 0.2) is 5.13 Å². The highest BCUT2D eigenvalue weighted by Gasteiger charge is 2.23. The summed E-state index contributed by atoms with van der Waals surface area (Å²) in [7, 11) is 2.08. The Bertz CT molecular complexity index is 354. The van der Waals surface area contributed by atoms with Crippen molar-refractivity contribution in [3.8, 4) is 0 Å². The lowest BCUT2D eigenvalue weighted by Gasteiger charge is -2.15. The molecule has 0 amide bonds. The van der Waals surface area contributed by atoms with Gasteiger partial charge in [-0.2, -0.15) is 11.8 Å². The molecule has 16 heavy (non-hydrogen) atoms. The molecule has 0 aromatic carbocycles. The molecule has 0 bridgehead atoms. The van der Waals surface area contributed by atoms with E-state index in [0.29, 0.717) is 0 Å². The molecule has 0 saturated heterocycles. The van der Waals surface area contributed by atoms with Crippen LogP contribution in [0.3, 0.4) is 0 Å². The zero-order chi connectivity index (χ0) is 11.5. The molecule has 90 valence electrons. The second kappa shape index (κ2) is 5.38. The number of thioether (sulfide) groups is 1. The van der Waals surface area contributed by atoms with E-state index in [1.165, 1.54) is 4.88 Å². The van der Waals surface area contributed by atoms with Crippen molar-refractivity contribution in [1.82, 2.24) is 4.98 Å². The van der Waals surface area contributed by atoms with Gasteiger partial charge in [-0.1, -0.05) is 0 Å². The van der Waals surface area contributed by atoms with Gasteiger partial charge in [-0.15, -0.1) is 11.3 Å². The maximum Gasteiger partial charge on any atom is 0.185 e. The van der Waals surface area contributed by atoms with Gasteiger partial charge in [-0.25, -0.2) is 4.98 Å². The first-order chi connectivity index (χ1) is 7.72. The van der Waals surface area contributed by atoms with E-state index in [1.54, 1.807) is 11.3 Å². The first kappa shape index (κ1) is 12.2. The Labute approximate surface area is 105 Å². The highest BCUT2D eigenvalue weighted by atomic mass is 32.2. The SMILES string of the molecule is CSCCN(C)c1nc2c(s1)CCCC2O. The van der Waals surface area contributed by atoms with Gasteiger partial charge in [0, 0.05) is 24.2 Å². The van der Waals surface area contributed by atoms with Crippen molar-refractivity contribution in [2.75, 3.05) is 30.5 Å². The number of rotatable bonds is 4. The van der Waals surface area contributed by atoms with E-state index < -0.39 is 0 Å². The molecule has 1 atom stereocenters.